The number of hydrogen-bond acceptors (Lipinski definition) is 5. The van der Waals surface area contributed by atoms with Gasteiger partial charge in [0, 0.05) is 32.1 Å². The summed E-state index contributed by atoms with van der Waals surface area (Å²) >= 11 is 0. The van der Waals surface area contributed by atoms with E-state index in [0.29, 0.717) is 11.8 Å². The Kier molecular flexibility index (Phi) is 3.54. The zero-order valence-electron chi connectivity index (χ0n) is 12.6. The third-order valence-corrected chi connectivity index (χ3v) is 4.42. The van der Waals surface area contributed by atoms with Crippen LogP contribution < -0.4 is 10.2 Å². The van der Waals surface area contributed by atoms with Gasteiger partial charge in [0.2, 0.25) is 0 Å². The van der Waals surface area contributed by atoms with E-state index < -0.39 is 0 Å². The number of nitrogens with zero attached hydrogens (tertiary/aromatic N) is 3. The maximum Gasteiger partial charge on any atom is 0.137 e. The smallest absolute Gasteiger partial charge is 0.137 e. The van der Waals surface area contributed by atoms with Gasteiger partial charge < -0.3 is 15.3 Å². The summed E-state index contributed by atoms with van der Waals surface area (Å²) < 4.78 is 0. The van der Waals surface area contributed by atoms with Gasteiger partial charge >= 0.3 is 0 Å². The van der Waals surface area contributed by atoms with Gasteiger partial charge in [0.25, 0.3) is 0 Å². The first kappa shape index (κ1) is 13.6. The van der Waals surface area contributed by atoms with E-state index in [1.807, 2.05) is 7.05 Å². The summed E-state index contributed by atoms with van der Waals surface area (Å²) in [6, 6.07) is 0. The lowest BCUT2D eigenvalue weighted by molar-refractivity contribution is 0.0464. The highest BCUT2D eigenvalue weighted by atomic mass is 16.3. The minimum Gasteiger partial charge on any atom is -0.393 e. The normalized spacial score (nSPS) is 25.2. The highest BCUT2D eigenvalue weighted by Gasteiger charge is 2.31. The molecule has 3 rings (SSSR count). The number of rotatable bonds is 5. The molecule has 0 spiro atoms. The fraction of sp³-hybridized carbons (Fsp3) is 0.733. The highest BCUT2D eigenvalue weighted by Crippen LogP contribution is 2.40. The first-order chi connectivity index (χ1) is 9.58. The van der Waals surface area contributed by atoms with Crippen molar-refractivity contribution in [2.24, 2.45) is 5.92 Å². The first-order valence-electron chi connectivity index (χ1n) is 7.54. The van der Waals surface area contributed by atoms with Crippen LogP contribution in [0.1, 0.15) is 43.0 Å². The van der Waals surface area contributed by atoms with Gasteiger partial charge in [0.1, 0.15) is 17.5 Å². The van der Waals surface area contributed by atoms with Crippen LogP contribution in [0.5, 0.6) is 0 Å². The van der Waals surface area contributed by atoms with Gasteiger partial charge in [-0.1, -0.05) is 0 Å². The number of nitrogens with one attached hydrogen (secondary N) is 1. The second-order valence-electron chi connectivity index (χ2n) is 6.28. The summed E-state index contributed by atoms with van der Waals surface area (Å²) in [5, 5.41) is 12.6. The van der Waals surface area contributed by atoms with Crippen molar-refractivity contribution in [3.05, 3.63) is 11.4 Å². The lowest BCUT2D eigenvalue weighted by atomic mass is 9.82. The second-order valence-corrected chi connectivity index (χ2v) is 6.28. The Morgan fingerprint density at radius 2 is 2.00 bits per heavy atom. The van der Waals surface area contributed by atoms with Crippen molar-refractivity contribution in [1.82, 2.24) is 9.97 Å². The van der Waals surface area contributed by atoms with Crippen molar-refractivity contribution in [1.29, 1.82) is 0 Å². The van der Waals surface area contributed by atoms with E-state index in [4.69, 9.17) is 4.98 Å². The zero-order chi connectivity index (χ0) is 14.3. The summed E-state index contributed by atoms with van der Waals surface area (Å²) in [5.74, 6) is 4.10. The molecule has 1 aromatic rings. The number of aliphatic hydroxyl groups excluding tert-OH is 1. The molecule has 2 N–H and O–H groups in total. The Labute approximate surface area is 120 Å². The topological polar surface area (TPSA) is 61.3 Å². The predicted octanol–water partition coefficient (Wildman–Crippen LogP) is 1.91. The summed E-state index contributed by atoms with van der Waals surface area (Å²) in [7, 11) is 4.01. The van der Waals surface area contributed by atoms with Crippen molar-refractivity contribution in [3.63, 3.8) is 0 Å². The van der Waals surface area contributed by atoms with Crippen LogP contribution in [0.3, 0.4) is 0 Å². The van der Waals surface area contributed by atoms with Gasteiger partial charge in [0.15, 0.2) is 0 Å². The molecule has 2 saturated carbocycles. The summed E-state index contributed by atoms with van der Waals surface area (Å²) in [6.07, 6.45) is 4.18. The summed E-state index contributed by atoms with van der Waals surface area (Å²) in [4.78, 5) is 11.6. The average molecular weight is 276 g/mol. The van der Waals surface area contributed by atoms with Gasteiger partial charge in [-0.05, 0) is 38.5 Å². The molecule has 110 valence electrons. The van der Waals surface area contributed by atoms with Gasteiger partial charge in [-0.15, -0.1) is 0 Å². The number of aromatic nitrogens is 2. The molecule has 0 radical (unpaired) electrons. The molecule has 0 aromatic carbocycles. The highest BCUT2D eigenvalue weighted by molar-refractivity contribution is 5.58. The Hall–Kier alpha value is -1.36. The Morgan fingerprint density at radius 1 is 1.30 bits per heavy atom. The van der Waals surface area contributed by atoms with E-state index in [-0.39, 0.29) is 6.10 Å². The number of aliphatic hydroxyl groups is 1. The molecular weight excluding hydrogens is 252 g/mol. The fourth-order valence-electron chi connectivity index (χ4n) is 2.98. The third-order valence-electron chi connectivity index (χ3n) is 4.42. The van der Waals surface area contributed by atoms with Crippen molar-refractivity contribution in [3.8, 4) is 0 Å². The average Bonchev–Trinajstić information content (AvgIpc) is 3.21. The minimum absolute atomic E-state index is 0.0882. The molecule has 1 aromatic heterocycles. The van der Waals surface area contributed by atoms with Crippen molar-refractivity contribution in [2.75, 3.05) is 30.9 Å². The van der Waals surface area contributed by atoms with E-state index in [0.717, 1.165) is 42.4 Å². The minimum atomic E-state index is -0.0882. The summed E-state index contributed by atoms with van der Waals surface area (Å²) in [5.41, 5.74) is 1.11. The molecule has 0 atom stereocenters. The quantitative estimate of drug-likeness (QED) is 0.860. The van der Waals surface area contributed by atoms with Crippen LogP contribution in [0.2, 0.25) is 0 Å². The fourth-order valence-corrected chi connectivity index (χ4v) is 2.98. The van der Waals surface area contributed by atoms with Gasteiger partial charge in [-0.25, -0.2) is 9.97 Å². The van der Waals surface area contributed by atoms with Crippen LogP contribution in [0, 0.1) is 12.8 Å². The molecule has 20 heavy (non-hydrogen) atoms. The maximum absolute atomic E-state index is 9.41. The van der Waals surface area contributed by atoms with Gasteiger partial charge in [0.05, 0.1) is 6.10 Å². The molecule has 1 heterocycles. The van der Waals surface area contributed by atoms with Crippen LogP contribution >= 0.6 is 0 Å². The van der Waals surface area contributed by atoms with Crippen LogP contribution in [0.15, 0.2) is 0 Å². The van der Waals surface area contributed by atoms with Gasteiger partial charge in [-0.2, -0.15) is 0 Å². The Balaban J connectivity index is 1.81. The molecular formula is C15H24N4O. The second kappa shape index (κ2) is 5.20. The molecule has 2 aliphatic carbocycles. The molecule has 0 amide bonds. The van der Waals surface area contributed by atoms with Crippen molar-refractivity contribution in [2.45, 2.75) is 44.6 Å². The third kappa shape index (κ3) is 2.59. The van der Waals surface area contributed by atoms with E-state index >= 15 is 0 Å². The van der Waals surface area contributed by atoms with Crippen molar-refractivity contribution >= 4 is 11.6 Å². The lowest BCUT2D eigenvalue weighted by Crippen LogP contribution is -2.37. The van der Waals surface area contributed by atoms with E-state index in [2.05, 4.69) is 29.2 Å². The van der Waals surface area contributed by atoms with Gasteiger partial charge in [-0.3, -0.25) is 0 Å². The first-order valence-corrected chi connectivity index (χ1v) is 7.54. The van der Waals surface area contributed by atoms with Crippen molar-refractivity contribution < 1.29 is 5.11 Å². The molecule has 0 aliphatic heterocycles. The molecule has 2 fully saturated rings. The molecule has 0 saturated heterocycles. The van der Waals surface area contributed by atoms with Crippen LogP contribution in [-0.2, 0) is 0 Å². The van der Waals surface area contributed by atoms with Crippen LogP contribution in [0.4, 0.5) is 11.6 Å². The SMILES string of the molecule is CNc1nc(C2CC2)nc(N(C)CC2CC(O)C2)c1C. The summed E-state index contributed by atoms with van der Waals surface area (Å²) in [6.45, 7) is 3.03. The zero-order valence-corrected chi connectivity index (χ0v) is 12.6. The monoisotopic (exact) mass is 276 g/mol. The van der Waals surface area contributed by atoms with E-state index in [1.165, 1.54) is 12.8 Å². The Bertz CT molecular complexity index is 495. The number of anilines is 2. The maximum atomic E-state index is 9.41. The molecule has 5 nitrogen and oxygen atoms in total. The number of hydrogen-bond donors (Lipinski definition) is 2. The largest absolute Gasteiger partial charge is 0.393 e. The predicted molar refractivity (Wildman–Crippen MR) is 80.3 cm³/mol. The van der Waals surface area contributed by atoms with E-state index in [1.54, 1.807) is 0 Å². The van der Waals surface area contributed by atoms with E-state index in [9.17, 15) is 5.11 Å². The lowest BCUT2D eigenvalue weighted by Gasteiger charge is -2.35. The standard InChI is InChI=1S/C15H24N4O/c1-9-13(16-2)17-14(11-4-5-11)18-15(9)19(3)8-10-6-12(20)7-10/h10-12,20H,4-8H2,1-3H3,(H,16,17,18). The Morgan fingerprint density at radius 3 is 2.55 bits per heavy atom. The molecule has 0 bridgehead atoms. The van der Waals surface area contributed by atoms with Crippen LogP contribution in [0.25, 0.3) is 0 Å². The molecule has 5 heteroatoms. The molecule has 2 aliphatic rings. The molecule has 0 unspecified atom stereocenters. The van der Waals surface area contributed by atoms with Crippen LogP contribution in [-0.4, -0.2) is 41.8 Å².